The van der Waals surface area contributed by atoms with Gasteiger partial charge in [0.05, 0.1) is 13.0 Å². The molecule has 0 unspecified atom stereocenters. The lowest BCUT2D eigenvalue weighted by Gasteiger charge is -2.19. The van der Waals surface area contributed by atoms with E-state index in [4.69, 9.17) is 0 Å². The molecule has 2 rings (SSSR count). The smallest absolute Gasteiger partial charge is 0.466 e. The first-order valence-electron chi connectivity index (χ1n) is 8.22. The first-order chi connectivity index (χ1) is 13.8. The molecule has 12 heteroatoms. The molecule has 0 aromatic heterocycles. The normalized spacial score (nSPS) is 12.5. The molecular formula is C18H14F6O5S. The van der Waals surface area contributed by atoms with Crippen molar-refractivity contribution in [2.24, 2.45) is 0 Å². The van der Waals surface area contributed by atoms with Crippen molar-refractivity contribution in [3.63, 3.8) is 0 Å². The van der Waals surface area contributed by atoms with Crippen LogP contribution in [0.4, 0.5) is 26.3 Å². The van der Waals surface area contributed by atoms with Gasteiger partial charge < -0.3 is 8.92 Å². The van der Waals surface area contributed by atoms with Crippen LogP contribution in [0.2, 0.25) is 0 Å². The van der Waals surface area contributed by atoms with E-state index in [1.54, 1.807) is 6.07 Å². The van der Waals surface area contributed by atoms with E-state index in [1.807, 2.05) is 0 Å². The van der Waals surface area contributed by atoms with Crippen LogP contribution in [0.15, 0.2) is 42.5 Å². The Morgan fingerprint density at radius 3 is 2.07 bits per heavy atom. The number of benzene rings is 2. The molecule has 0 spiro atoms. The van der Waals surface area contributed by atoms with Crippen LogP contribution >= 0.6 is 0 Å². The Morgan fingerprint density at radius 2 is 1.57 bits per heavy atom. The van der Waals surface area contributed by atoms with Crippen LogP contribution in [-0.2, 0) is 32.2 Å². The minimum Gasteiger partial charge on any atom is -0.466 e. The summed E-state index contributed by atoms with van der Waals surface area (Å²) in [4.78, 5) is 11.8. The van der Waals surface area contributed by atoms with Crippen molar-refractivity contribution >= 4 is 16.1 Å². The molecule has 0 saturated carbocycles. The average molecular weight is 456 g/mol. The van der Waals surface area contributed by atoms with Gasteiger partial charge in [-0.05, 0) is 35.7 Å². The fraction of sp³-hybridized carbons (Fsp3) is 0.278. The van der Waals surface area contributed by atoms with Gasteiger partial charge in [0, 0.05) is 0 Å². The van der Waals surface area contributed by atoms with Crippen LogP contribution in [0.1, 0.15) is 18.1 Å². The van der Waals surface area contributed by atoms with E-state index in [-0.39, 0.29) is 17.7 Å². The number of hydrogen-bond acceptors (Lipinski definition) is 5. The second-order valence-electron chi connectivity index (χ2n) is 5.84. The van der Waals surface area contributed by atoms with Gasteiger partial charge in [0.2, 0.25) is 0 Å². The molecule has 0 heterocycles. The van der Waals surface area contributed by atoms with Gasteiger partial charge in [-0.1, -0.05) is 30.3 Å². The number of esters is 1. The largest absolute Gasteiger partial charge is 0.534 e. The Balaban J connectivity index is 2.77. The Hall–Kier alpha value is -2.76. The summed E-state index contributed by atoms with van der Waals surface area (Å²) in [5.74, 6) is -2.68. The predicted molar refractivity (Wildman–Crippen MR) is 92.8 cm³/mol. The van der Waals surface area contributed by atoms with E-state index >= 15 is 0 Å². The molecule has 0 aliphatic carbocycles. The third-order valence-corrected chi connectivity index (χ3v) is 4.66. The van der Waals surface area contributed by atoms with Crippen molar-refractivity contribution in [3.8, 4) is 16.9 Å². The topological polar surface area (TPSA) is 69.7 Å². The molecule has 0 radical (unpaired) electrons. The zero-order chi connectivity index (χ0) is 22.7. The zero-order valence-electron chi connectivity index (χ0n) is 15.2. The van der Waals surface area contributed by atoms with Crippen molar-refractivity contribution in [1.82, 2.24) is 0 Å². The van der Waals surface area contributed by atoms with Crippen molar-refractivity contribution in [2.45, 2.75) is 25.0 Å². The third kappa shape index (κ3) is 5.43. The lowest BCUT2D eigenvalue weighted by atomic mass is 9.96. The van der Waals surface area contributed by atoms with Gasteiger partial charge in [-0.3, -0.25) is 4.79 Å². The Morgan fingerprint density at radius 1 is 0.967 bits per heavy atom. The van der Waals surface area contributed by atoms with Gasteiger partial charge in [0.25, 0.3) is 0 Å². The van der Waals surface area contributed by atoms with Crippen LogP contribution in [0.25, 0.3) is 11.1 Å². The summed E-state index contributed by atoms with van der Waals surface area (Å²) in [6.45, 7) is 1.26. The molecule has 0 N–H and O–H groups in total. The zero-order valence-corrected chi connectivity index (χ0v) is 16.0. The molecule has 0 fully saturated rings. The van der Waals surface area contributed by atoms with Crippen molar-refractivity contribution in [3.05, 3.63) is 53.6 Å². The first-order valence-corrected chi connectivity index (χ1v) is 9.63. The van der Waals surface area contributed by atoms with E-state index < -0.39 is 51.1 Å². The van der Waals surface area contributed by atoms with Crippen LogP contribution in [0.5, 0.6) is 5.75 Å². The van der Waals surface area contributed by atoms with E-state index in [1.165, 1.54) is 31.2 Å². The lowest BCUT2D eigenvalue weighted by Crippen LogP contribution is -2.29. The Labute approximate surface area is 167 Å². The first kappa shape index (κ1) is 23.5. The second kappa shape index (κ2) is 8.54. The maximum absolute atomic E-state index is 13.6. The van der Waals surface area contributed by atoms with Crippen molar-refractivity contribution < 1.29 is 48.5 Å². The quantitative estimate of drug-likeness (QED) is 0.273. The van der Waals surface area contributed by atoms with Gasteiger partial charge in [-0.15, -0.1) is 0 Å². The Kier molecular flexibility index (Phi) is 6.70. The van der Waals surface area contributed by atoms with Crippen LogP contribution in [0, 0.1) is 0 Å². The summed E-state index contributed by atoms with van der Waals surface area (Å²) in [7, 11) is -6.40. The molecule has 0 aliphatic rings. The summed E-state index contributed by atoms with van der Waals surface area (Å²) < 4.78 is 110. The van der Waals surface area contributed by atoms with Gasteiger partial charge in [-0.2, -0.15) is 34.8 Å². The maximum atomic E-state index is 13.6. The molecule has 164 valence electrons. The molecule has 0 atom stereocenters. The highest BCUT2D eigenvalue weighted by atomic mass is 32.2. The molecule has 5 nitrogen and oxygen atoms in total. The SMILES string of the molecule is CCOC(=O)Cc1cc(-c2ccccc2)cc(OS(=O)(=O)C(F)(F)F)c1C(F)(F)F. The summed E-state index contributed by atoms with van der Waals surface area (Å²) in [5.41, 5.74) is -8.40. The highest BCUT2D eigenvalue weighted by molar-refractivity contribution is 7.88. The minimum absolute atomic E-state index is 0.0877. The summed E-state index contributed by atoms with van der Waals surface area (Å²) in [5, 5.41) is 0. The predicted octanol–water partition coefficient (Wildman–Crippen LogP) is 4.71. The highest BCUT2D eigenvalue weighted by Gasteiger charge is 2.50. The summed E-state index contributed by atoms with van der Waals surface area (Å²) in [6, 6.07) is 8.89. The molecule has 0 bridgehead atoms. The number of carbonyl (C=O) groups is 1. The van der Waals surface area contributed by atoms with Gasteiger partial charge >= 0.3 is 27.8 Å². The van der Waals surface area contributed by atoms with Gasteiger partial charge in [0.1, 0.15) is 5.56 Å². The molecule has 0 aliphatic heterocycles. The minimum atomic E-state index is -6.40. The number of carbonyl (C=O) groups excluding carboxylic acids is 1. The van der Waals surface area contributed by atoms with Gasteiger partial charge in [-0.25, -0.2) is 0 Å². The van der Waals surface area contributed by atoms with Crippen LogP contribution < -0.4 is 4.18 Å². The molecule has 30 heavy (non-hydrogen) atoms. The second-order valence-corrected chi connectivity index (χ2v) is 7.38. The van der Waals surface area contributed by atoms with Crippen LogP contribution in [0.3, 0.4) is 0 Å². The molecule has 0 saturated heterocycles. The lowest BCUT2D eigenvalue weighted by molar-refractivity contribution is -0.143. The fourth-order valence-electron chi connectivity index (χ4n) is 2.53. The number of halogens is 6. The van der Waals surface area contributed by atoms with Gasteiger partial charge in [0.15, 0.2) is 5.75 Å². The number of ether oxygens (including phenoxy) is 1. The standard InChI is InChI=1S/C18H14F6O5S/c1-2-28-15(25)10-13-8-12(11-6-4-3-5-7-11)9-14(16(13)17(19,20)21)29-30(26,27)18(22,23)24/h3-9H,2,10H2,1H3. The molecule has 0 amide bonds. The maximum Gasteiger partial charge on any atom is 0.534 e. The monoisotopic (exact) mass is 456 g/mol. The van der Waals surface area contributed by atoms with Crippen LogP contribution in [-0.4, -0.2) is 26.5 Å². The van der Waals surface area contributed by atoms with E-state index in [0.717, 1.165) is 6.07 Å². The average Bonchev–Trinajstić information content (AvgIpc) is 2.60. The molecular weight excluding hydrogens is 442 g/mol. The van der Waals surface area contributed by atoms with Crippen molar-refractivity contribution in [2.75, 3.05) is 6.61 Å². The van der Waals surface area contributed by atoms with E-state index in [2.05, 4.69) is 8.92 Å². The highest BCUT2D eigenvalue weighted by Crippen LogP contribution is 2.43. The Bertz CT molecular complexity index is 1010. The number of hydrogen-bond donors (Lipinski definition) is 0. The van der Waals surface area contributed by atoms with Crippen molar-refractivity contribution in [1.29, 1.82) is 0 Å². The fourth-order valence-corrected chi connectivity index (χ4v) is 2.99. The molecule has 2 aromatic rings. The van der Waals surface area contributed by atoms with E-state index in [0.29, 0.717) is 6.07 Å². The van der Waals surface area contributed by atoms with E-state index in [9.17, 15) is 39.6 Å². The summed E-state index contributed by atoms with van der Waals surface area (Å²) in [6.07, 6.45) is -6.29. The third-order valence-electron chi connectivity index (χ3n) is 3.70. The number of alkyl halides is 6. The summed E-state index contributed by atoms with van der Waals surface area (Å²) >= 11 is 0. The number of rotatable bonds is 6. The molecule has 2 aromatic carbocycles.